The second kappa shape index (κ2) is 11.2. The second-order valence-electron chi connectivity index (χ2n) is 7.10. The topological polar surface area (TPSA) is 54.0 Å². The van der Waals surface area contributed by atoms with E-state index in [1.54, 1.807) is 7.11 Å². The molecule has 0 unspecified atom stereocenters. The van der Waals surface area contributed by atoms with Crippen LogP contribution in [0.25, 0.3) is 0 Å². The van der Waals surface area contributed by atoms with Crippen LogP contribution in [0.4, 0.5) is 0 Å². The van der Waals surface area contributed by atoms with Crippen molar-refractivity contribution in [2.75, 3.05) is 33.9 Å². The molecule has 5 nitrogen and oxygen atoms in total. The molecular formula is C21H34N2O3. The van der Waals surface area contributed by atoms with Gasteiger partial charge in [-0.05, 0) is 37.6 Å². The average molecular weight is 363 g/mol. The van der Waals surface area contributed by atoms with Crippen molar-refractivity contribution >= 4 is 0 Å². The molecule has 0 aliphatic heterocycles. The highest BCUT2D eigenvalue weighted by molar-refractivity contribution is 5.43. The first kappa shape index (κ1) is 20.7. The van der Waals surface area contributed by atoms with Crippen molar-refractivity contribution in [3.63, 3.8) is 0 Å². The van der Waals surface area contributed by atoms with Gasteiger partial charge in [-0.2, -0.15) is 0 Å². The third kappa shape index (κ3) is 6.63. The van der Waals surface area contributed by atoms with Crippen LogP contribution in [0, 0.1) is 0 Å². The van der Waals surface area contributed by atoms with E-state index in [2.05, 4.69) is 23.8 Å². The van der Waals surface area contributed by atoms with E-state index in [4.69, 9.17) is 9.47 Å². The van der Waals surface area contributed by atoms with Crippen LogP contribution < -0.4 is 14.8 Å². The third-order valence-corrected chi connectivity index (χ3v) is 4.97. The Kier molecular flexibility index (Phi) is 8.95. The van der Waals surface area contributed by atoms with Gasteiger partial charge in [-0.3, -0.25) is 0 Å². The normalized spacial score (nSPS) is 16.5. The molecular weight excluding hydrogens is 328 g/mol. The fourth-order valence-corrected chi connectivity index (χ4v) is 3.50. The van der Waals surface area contributed by atoms with Crippen LogP contribution in [0.1, 0.15) is 37.7 Å². The molecule has 1 aromatic carbocycles. The highest BCUT2D eigenvalue weighted by Gasteiger charge is 2.20. The number of aliphatic hydroxyl groups is 1. The largest absolute Gasteiger partial charge is 0.493 e. The number of hydrogen-bond acceptors (Lipinski definition) is 5. The van der Waals surface area contributed by atoms with Crippen LogP contribution in [0.5, 0.6) is 11.5 Å². The Morgan fingerprint density at radius 1 is 1.31 bits per heavy atom. The lowest BCUT2D eigenvalue weighted by Gasteiger charge is -2.32. The van der Waals surface area contributed by atoms with Gasteiger partial charge in [0.2, 0.25) is 0 Å². The monoisotopic (exact) mass is 362 g/mol. The zero-order valence-electron chi connectivity index (χ0n) is 16.2. The van der Waals surface area contributed by atoms with Crippen molar-refractivity contribution in [1.29, 1.82) is 0 Å². The lowest BCUT2D eigenvalue weighted by molar-refractivity contribution is 0.0553. The molecule has 0 saturated heterocycles. The Morgan fingerprint density at radius 3 is 2.77 bits per heavy atom. The third-order valence-electron chi connectivity index (χ3n) is 4.97. The first-order valence-corrected chi connectivity index (χ1v) is 9.63. The van der Waals surface area contributed by atoms with E-state index in [1.807, 2.05) is 24.3 Å². The van der Waals surface area contributed by atoms with Gasteiger partial charge >= 0.3 is 0 Å². The van der Waals surface area contributed by atoms with Gasteiger partial charge < -0.3 is 24.8 Å². The predicted octanol–water partition coefficient (Wildman–Crippen LogP) is 2.98. The summed E-state index contributed by atoms with van der Waals surface area (Å²) in [7, 11) is 3.74. The van der Waals surface area contributed by atoms with Crippen LogP contribution in [-0.2, 0) is 6.54 Å². The molecule has 5 heteroatoms. The van der Waals surface area contributed by atoms with Crippen LogP contribution in [0.15, 0.2) is 30.9 Å². The van der Waals surface area contributed by atoms with Crippen LogP contribution in [0.2, 0.25) is 0 Å². The molecule has 1 saturated carbocycles. The minimum absolute atomic E-state index is 0.265. The Hall–Kier alpha value is -1.56. The fourth-order valence-electron chi connectivity index (χ4n) is 3.50. The average Bonchev–Trinajstić information content (AvgIpc) is 2.67. The first-order chi connectivity index (χ1) is 12.6. The van der Waals surface area contributed by atoms with Crippen molar-refractivity contribution < 1.29 is 14.6 Å². The van der Waals surface area contributed by atoms with Gasteiger partial charge in [0.25, 0.3) is 0 Å². The van der Waals surface area contributed by atoms with Crippen molar-refractivity contribution in [2.24, 2.45) is 0 Å². The van der Waals surface area contributed by atoms with Gasteiger partial charge in [0.1, 0.15) is 12.7 Å². The highest BCUT2D eigenvalue weighted by Crippen LogP contribution is 2.28. The Morgan fingerprint density at radius 2 is 2.08 bits per heavy atom. The number of benzene rings is 1. The molecule has 0 radical (unpaired) electrons. The van der Waals surface area contributed by atoms with E-state index in [9.17, 15) is 5.11 Å². The number of aliphatic hydroxyl groups excluding tert-OH is 1. The molecule has 2 N–H and O–H groups in total. The summed E-state index contributed by atoms with van der Waals surface area (Å²) in [5, 5.41) is 13.6. The Labute approximate surface area is 158 Å². The minimum Gasteiger partial charge on any atom is -0.493 e. The number of ether oxygens (including phenoxy) is 2. The molecule has 146 valence electrons. The van der Waals surface area contributed by atoms with Crippen molar-refractivity contribution in [2.45, 2.75) is 50.8 Å². The number of hydrogen-bond donors (Lipinski definition) is 2. The summed E-state index contributed by atoms with van der Waals surface area (Å²) in [6.07, 6.45) is 7.73. The maximum Gasteiger partial charge on any atom is 0.161 e. The highest BCUT2D eigenvalue weighted by atomic mass is 16.5. The zero-order chi connectivity index (χ0) is 18.8. The first-order valence-electron chi connectivity index (χ1n) is 9.63. The summed E-state index contributed by atoms with van der Waals surface area (Å²) in [6, 6.07) is 6.47. The Balaban J connectivity index is 1.82. The minimum atomic E-state index is -0.513. The van der Waals surface area contributed by atoms with Crippen LogP contribution in [-0.4, -0.2) is 56.0 Å². The van der Waals surface area contributed by atoms with E-state index in [0.29, 0.717) is 24.1 Å². The van der Waals surface area contributed by atoms with Crippen LogP contribution in [0.3, 0.4) is 0 Å². The smallest absolute Gasteiger partial charge is 0.161 e. The van der Waals surface area contributed by atoms with E-state index in [0.717, 1.165) is 18.7 Å². The molecule has 0 heterocycles. The molecule has 1 aromatic rings. The summed E-state index contributed by atoms with van der Waals surface area (Å²) < 4.78 is 11.3. The van der Waals surface area contributed by atoms with Crippen molar-refractivity contribution in [1.82, 2.24) is 10.2 Å². The van der Waals surface area contributed by atoms with Crippen molar-refractivity contribution in [3.05, 3.63) is 36.4 Å². The summed E-state index contributed by atoms with van der Waals surface area (Å²) in [5.41, 5.74) is 1.12. The molecule has 1 fully saturated rings. The number of rotatable bonds is 11. The molecule has 0 aromatic heterocycles. The maximum atomic E-state index is 10.3. The summed E-state index contributed by atoms with van der Waals surface area (Å²) in [6.45, 7) is 6.11. The second-order valence-corrected chi connectivity index (χ2v) is 7.10. The molecule has 0 bridgehead atoms. The lowest BCUT2D eigenvalue weighted by atomic mass is 9.94. The van der Waals surface area contributed by atoms with Gasteiger partial charge in [0, 0.05) is 25.7 Å². The van der Waals surface area contributed by atoms with Gasteiger partial charge in [0.15, 0.2) is 11.5 Å². The number of likely N-dealkylation sites (N-methyl/N-ethyl adjacent to an activating group) is 1. The standard InChI is InChI=1S/C21H34N2O3/c1-4-12-22-14-17-10-11-20(21(13-17)25-3)26-16-19(24)15-23(2)18-8-6-5-7-9-18/h4,10-11,13,18-19,22,24H,1,5-9,12,14-16H2,2-3H3/t19-/m1/s1. The van der Waals surface area contributed by atoms with Gasteiger partial charge in [-0.25, -0.2) is 0 Å². The molecule has 26 heavy (non-hydrogen) atoms. The van der Waals surface area contributed by atoms with E-state index >= 15 is 0 Å². The number of nitrogens with one attached hydrogen (secondary N) is 1. The molecule has 0 spiro atoms. The van der Waals surface area contributed by atoms with Gasteiger partial charge in [-0.1, -0.05) is 31.4 Å². The molecule has 1 aliphatic carbocycles. The molecule has 1 atom stereocenters. The van der Waals surface area contributed by atoms with Crippen molar-refractivity contribution in [3.8, 4) is 11.5 Å². The summed E-state index contributed by atoms with van der Waals surface area (Å²) in [5.74, 6) is 1.36. The molecule has 2 rings (SSSR count). The maximum absolute atomic E-state index is 10.3. The number of nitrogens with zero attached hydrogens (tertiary/aromatic N) is 1. The van der Waals surface area contributed by atoms with E-state index in [-0.39, 0.29) is 6.61 Å². The number of methoxy groups -OCH3 is 1. The predicted molar refractivity (Wildman–Crippen MR) is 106 cm³/mol. The zero-order valence-corrected chi connectivity index (χ0v) is 16.2. The summed E-state index contributed by atoms with van der Waals surface area (Å²) in [4.78, 5) is 2.28. The van der Waals surface area contributed by atoms with E-state index < -0.39 is 6.10 Å². The SMILES string of the molecule is C=CCNCc1ccc(OC[C@H](O)CN(C)C2CCCCC2)c(OC)c1. The lowest BCUT2D eigenvalue weighted by Crippen LogP contribution is -2.40. The van der Waals surface area contributed by atoms with Gasteiger partial charge in [-0.15, -0.1) is 6.58 Å². The molecule has 1 aliphatic rings. The van der Waals surface area contributed by atoms with Gasteiger partial charge in [0.05, 0.1) is 7.11 Å². The quantitative estimate of drug-likeness (QED) is 0.468. The summed E-state index contributed by atoms with van der Waals surface area (Å²) >= 11 is 0. The van der Waals surface area contributed by atoms with E-state index in [1.165, 1.54) is 32.1 Å². The fraction of sp³-hybridized carbons (Fsp3) is 0.619. The van der Waals surface area contributed by atoms with Crippen LogP contribution >= 0.6 is 0 Å². The molecule has 0 amide bonds. The Bertz CT molecular complexity index is 544.